The molecule has 0 radical (unpaired) electrons. The van der Waals surface area contributed by atoms with Crippen LogP contribution in [0, 0.1) is 0 Å². The van der Waals surface area contributed by atoms with E-state index in [4.69, 9.17) is 0 Å². The lowest BCUT2D eigenvalue weighted by molar-refractivity contribution is 1.57. The van der Waals surface area contributed by atoms with Crippen molar-refractivity contribution in [3.63, 3.8) is 0 Å². The van der Waals surface area contributed by atoms with Crippen molar-refractivity contribution >= 4 is 28.3 Å². The monoisotopic (exact) mass is 470 g/mol. The summed E-state index contributed by atoms with van der Waals surface area (Å²) >= 11 is 1.25. The van der Waals surface area contributed by atoms with Gasteiger partial charge in [-0.05, 0) is 11.1 Å². The van der Waals surface area contributed by atoms with E-state index in [9.17, 15) is 0 Å². The summed E-state index contributed by atoms with van der Waals surface area (Å²) in [5, 5.41) is 0. The van der Waals surface area contributed by atoms with E-state index in [0.717, 1.165) is 33.3 Å². The first-order chi connectivity index (χ1) is 17.4. The Morgan fingerprint density at radius 2 is 0.886 bits per heavy atom. The number of fused-ring (bicyclic) bond motifs is 1. The predicted octanol–water partition coefficient (Wildman–Crippen LogP) is 8.79. The van der Waals surface area contributed by atoms with Gasteiger partial charge in [-0.1, -0.05) is 158 Å². The van der Waals surface area contributed by atoms with Crippen LogP contribution in [-0.2, 0) is 0 Å². The smallest absolute Gasteiger partial charge is 0.113 e. The molecule has 35 heavy (non-hydrogen) atoms. The minimum atomic E-state index is 0.906. The van der Waals surface area contributed by atoms with Crippen LogP contribution in [0.2, 0.25) is 0 Å². The quantitative estimate of drug-likeness (QED) is 0.374. The predicted molar refractivity (Wildman–Crippen MR) is 152 cm³/mol. The van der Waals surface area contributed by atoms with E-state index >= 15 is 0 Å². The maximum atomic E-state index is 4.68. The second kappa shape index (κ2) is 13.4. The molecule has 1 heterocycles. The molecule has 0 N–H and O–H groups in total. The summed E-state index contributed by atoms with van der Waals surface area (Å²) in [5.74, 6) is 0. The molecule has 0 atom stereocenters. The second-order valence-electron chi connectivity index (χ2n) is 7.55. The van der Waals surface area contributed by atoms with E-state index in [1.807, 2.05) is 121 Å². The normalized spacial score (nSPS) is 17.0. The minimum absolute atomic E-state index is 0.906. The fourth-order valence-corrected chi connectivity index (χ4v) is 4.04. The third-order valence-electron chi connectivity index (χ3n) is 5.14. The number of aromatic nitrogens is 2. The van der Waals surface area contributed by atoms with Gasteiger partial charge in [-0.15, -0.1) is 0 Å². The van der Waals surface area contributed by atoms with Gasteiger partial charge in [0, 0.05) is 11.1 Å². The summed E-state index contributed by atoms with van der Waals surface area (Å²) in [6.45, 7) is 0. The summed E-state index contributed by atoms with van der Waals surface area (Å²) in [5.41, 5.74) is 6.08. The van der Waals surface area contributed by atoms with E-state index in [-0.39, 0.29) is 0 Å². The Labute approximate surface area is 211 Å². The van der Waals surface area contributed by atoms with Gasteiger partial charge in [0.15, 0.2) is 0 Å². The van der Waals surface area contributed by atoms with Crippen LogP contribution in [0.1, 0.15) is 5.56 Å². The fraction of sp³-hybridized carbons (Fsp3) is 0. The number of hydrogen-bond donors (Lipinski definition) is 0. The molecule has 1 aliphatic rings. The number of allylic oxidation sites excluding steroid dienone is 12. The number of nitrogens with zero attached hydrogens (tertiary/aromatic N) is 2. The van der Waals surface area contributed by atoms with E-state index in [2.05, 4.69) is 45.2 Å². The Bertz CT molecular complexity index is 1410. The molecular weight excluding hydrogens is 444 g/mol. The zero-order valence-electron chi connectivity index (χ0n) is 19.3. The van der Waals surface area contributed by atoms with E-state index in [1.54, 1.807) is 0 Å². The molecule has 0 bridgehead atoms. The van der Waals surface area contributed by atoms with Crippen LogP contribution in [0.5, 0.6) is 0 Å². The number of hydrogen-bond acceptors (Lipinski definition) is 3. The van der Waals surface area contributed by atoms with E-state index in [1.165, 1.54) is 11.7 Å². The molecule has 3 aromatic rings. The second-order valence-corrected chi connectivity index (χ2v) is 8.08. The molecule has 0 amide bonds. The molecule has 0 aliphatic heterocycles. The van der Waals surface area contributed by atoms with E-state index in [0.29, 0.717) is 0 Å². The molecule has 2 aromatic carbocycles. The summed E-state index contributed by atoms with van der Waals surface area (Å²) < 4.78 is 9.37. The molecule has 170 valence electrons. The zero-order valence-corrected chi connectivity index (χ0v) is 20.1. The Hall–Kier alpha value is -4.34. The van der Waals surface area contributed by atoms with Crippen molar-refractivity contribution in [3.8, 4) is 11.1 Å². The summed E-state index contributed by atoms with van der Waals surface area (Å²) in [7, 11) is 0. The minimum Gasteiger partial charge on any atom is -0.172 e. The molecule has 0 saturated heterocycles. The largest absolute Gasteiger partial charge is 0.172 e. The molecule has 1 aromatic heterocycles. The molecule has 0 unspecified atom stereocenters. The molecule has 0 saturated carbocycles. The first-order valence-corrected chi connectivity index (χ1v) is 12.2. The highest BCUT2D eigenvalue weighted by Crippen LogP contribution is 2.32. The maximum Gasteiger partial charge on any atom is 0.113 e. The average molecular weight is 471 g/mol. The highest BCUT2D eigenvalue weighted by molar-refractivity contribution is 7.00. The van der Waals surface area contributed by atoms with Crippen molar-refractivity contribution in [2.75, 3.05) is 0 Å². The van der Waals surface area contributed by atoms with Gasteiger partial charge in [0.25, 0.3) is 0 Å². The van der Waals surface area contributed by atoms with Gasteiger partial charge in [0.05, 0.1) is 11.7 Å². The lowest BCUT2D eigenvalue weighted by Gasteiger charge is -2.07. The van der Waals surface area contributed by atoms with Crippen LogP contribution in [0.15, 0.2) is 158 Å². The summed E-state index contributed by atoms with van der Waals surface area (Å²) in [4.78, 5) is 0. The van der Waals surface area contributed by atoms with Crippen molar-refractivity contribution in [1.82, 2.24) is 8.75 Å². The average Bonchev–Trinajstić information content (AvgIpc) is 3.36. The van der Waals surface area contributed by atoms with E-state index < -0.39 is 0 Å². The first kappa shape index (κ1) is 23.8. The Kier molecular flexibility index (Phi) is 9.11. The zero-order chi connectivity index (χ0) is 24.0. The van der Waals surface area contributed by atoms with Crippen molar-refractivity contribution in [2.24, 2.45) is 0 Å². The Morgan fingerprint density at radius 1 is 0.429 bits per heavy atom. The van der Waals surface area contributed by atoms with Crippen LogP contribution in [0.25, 0.3) is 27.7 Å². The fourth-order valence-electron chi connectivity index (χ4n) is 3.47. The van der Waals surface area contributed by atoms with Gasteiger partial charge in [-0.2, -0.15) is 8.75 Å². The molecular formula is C32H26N2S. The lowest BCUT2D eigenvalue weighted by Crippen LogP contribution is -1.87. The third kappa shape index (κ3) is 7.07. The number of rotatable bonds is 2. The van der Waals surface area contributed by atoms with Gasteiger partial charge >= 0.3 is 0 Å². The topological polar surface area (TPSA) is 25.8 Å². The molecule has 0 fully saturated rings. The van der Waals surface area contributed by atoms with Crippen LogP contribution >= 0.6 is 11.7 Å². The molecule has 0 spiro atoms. The number of benzene rings is 1. The van der Waals surface area contributed by atoms with Crippen molar-refractivity contribution in [2.45, 2.75) is 0 Å². The molecule has 4 rings (SSSR count). The Balaban J connectivity index is 1.83. The van der Waals surface area contributed by atoms with Crippen LogP contribution in [0.3, 0.4) is 0 Å². The van der Waals surface area contributed by atoms with Gasteiger partial charge in [0.2, 0.25) is 0 Å². The van der Waals surface area contributed by atoms with Gasteiger partial charge in [-0.3, -0.25) is 0 Å². The van der Waals surface area contributed by atoms with Crippen molar-refractivity contribution in [3.05, 3.63) is 163 Å². The third-order valence-corrected chi connectivity index (χ3v) is 5.67. The lowest BCUT2D eigenvalue weighted by atomic mass is 9.97. The highest BCUT2D eigenvalue weighted by atomic mass is 32.1. The van der Waals surface area contributed by atoms with Crippen molar-refractivity contribution < 1.29 is 0 Å². The molecule has 2 nitrogen and oxygen atoms in total. The first-order valence-electron chi connectivity index (χ1n) is 11.5. The standard InChI is InChI=1S/C32H26N2S/c1-2-5-9-13-17-21-27(22-18-14-10-6-3-1)29-25-26-30(32-31(29)33-35-34-32)28-23-19-15-11-7-4-8-12-16-20-24-28/h1-26H/b2-1?,3-1?,5-2?,6-3?,7-4?,8-4?,9-5?,10-6?,11-7?,12-8?,13-9?,14-10?,15-11+,16-12?,17-13?,18-14?,19-15?,20-16-,21-17?,22-18?,23-19-,24-20?,27-21?,27-22?,28-23?,28-24+. The summed E-state index contributed by atoms with van der Waals surface area (Å²) in [6, 6.07) is 30.7. The van der Waals surface area contributed by atoms with Crippen molar-refractivity contribution in [1.29, 1.82) is 0 Å². The maximum absolute atomic E-state index is 4.68. The molecule has 1 aliphatic carbocycles. The van der Waals surface area contributed by atoms with Crippen LogP contribution < -0.4 is 0 Å². The SMILES string of the molecule is C1=C\C=C/C=C(c2ccc(-c3ccccccccccccc3)c3nsnc23)\C=C/C=C/C=C1. The van der Waals surface area contributed by atoms with Gasteiger partial charge in [-0.25, -0.2) is 0 Å². The highest BCUT2D eigenvalue weighted by Gasteiger charge is 2.13. The van der Waals surface area contributed by atoms with Gasteiger partial charge < -0.3 is 0 Å². The molecule has 3 heteroatoms. The summed E-state index contributed by atoms with van der Waals surface area (Å²) in [6.07, 6.45) is 22.4. The van der Waals surface area contributed by atoms with Crippen LogP contribution in [0.4, 0.5) is 0 Å². The van der Waals surface area contributed by atoms with Crippen LogP contribution in [-0.4, -0.2) is 8.75 Å². The Morgan fingerprint density at radius 3 is 1.49 bits per heavy atom. The van der Waals surface area contributed by atoms with Gasteiger partial charge in [0.1, 0.15) is 11.0 Å².